The van der Waals surface area contributed by atoms with Gasteiger partial charge in [-0.05, 0) is 24.1 Å². The average molecular weight is 369 g/mol. The average Bonchev–Trinajstić information content (AvgIpc) is 3.06. The molecule has 3 rings (SSSR count). The summed E-state index contributed by atoms with van der Waals surface area (Å²) >= 11 is 0. The Morgan fingerprint density at radius 1 is 1.22 bits per heavy atom. The number of nitrogens with zero attached hydrogens (tertiary/aromatic N) is 4. The van der Waals surface area contributed by atoms with Crippen molar-refractivity contribution in [2.75, 3.05) is 12.3 Å². The number of nitrogens with one attached hydrogen (secondary N) is 1. The molecule has 0 unspecified atom stereocenters. The lowest BCUT2D eigenvalue weighted by molar-refractivity contribution is -0.119. The van der Waals surface area contributed by atoms with Crippen molar-refractivity contribution in [3.05, 3.63) is 41.7 Å². The van der Waals surface area contributed by atoms with Crippen LogP contribution in [-0.2, 0) is 24.5 Å². The second-order valence-electron chi connectivity index (χ2n) is 6.15. The monoisotopic (exact) mass is 369 g/mol. The molecule has 1 amide bonds. The van der Waals surface area contributed by atoms with Crippen LogP contribution in [0.1, 0.15) is 24.5 Å². The first-order chi connectivity index (χ1) is 13.1. The van der Waals surface area contributed by atoms with Crippen molar-refractivity contribution >= 4 is 23.0 Å². The van der Waals surface area contributed by atoms with E-state index in [0.717, 1.165) is 17.5 Å². The molecular formula is C18H23N7O2. The highest BCUT2D eigenvalue weighted by molar-refractivity contribution is 5.77. The minimum absolute atomic E-state index is 0.0568. The molecule has 0 atom stereocenters. The normalized spacial score (nSPS) is 10.9. The maximum atomic E-state index is 11.0. The maximum absolute atomic E-state index is 11.0. The van der Waals surface area contributed by atoms with Crippen LogP contribution in [-0.4, -0.2) is 32.0 Å². The molecule has 0 aliphatic carbocycles. The van der Waals surface area contributed by atoms with E-state index in [9.17, 15) is 4.79 Å². The first-order valence-corrected chi connectivity index (χ1v) is 8.70. The lowest BCUT2D eigenvalue weighted by Gasteiger charge is -2.08. The summed E-state index contributed by atoms with van der Waals surface area (Å²) in [6.45, 7) is 3.61. The van der Waals surface area contributed by atoms with Gasteiger partial charge in [0, 0.05) is 20.0 Å². The molecule has 2 aromatic heterocycles. The third-order valence-electron chi connectivity index (χ3n) is 3.99. The summed E-state index contributed by atoms with van der Waals surface area (Å²) in [4.78, 5) is 23.8. The number of rotatable bonds is 8. The van der Waals surface area contributed by atoms with E-state index in [1.54, 1.807) is 6.33 Å². The van der Waals surface area contributed by atoms with E-state index in [2.05, 4.69) is 20.3 Å². The van der Waals surface area contributed by atoms with Gasteiger partial charge in [-0.3, -0.25) is 4.79 Å². The van der Waals surface area contributed by atoms with Crippen molar-refractivity contribution in [3.8, 4) is 5.88 Å². The van der Waals surface area contributed by atoms with Gasteiger partial charge in [-0.2, -0.15) is 9.97 Å². The van der Waals surface area contributed by atoms with Crippen molar-refractivity contribution in [2.24, 2.45) is 5.73 Å². The fraction of sp³-hybridized carbons (Fsp3) is 0.333. The molecule has 5 N–H and O–H groups in total. The fourth-order valence-electron chi connectivity index (χ4n) is 2.59. The molecule has 27 heavy (non-hydrogen) atoms. The summed E-state index contributed by atoms with van der Waals surface area (Å²) in [7, 11) is 0. The Balaban J connectivity index is 1.71. The summed E-state index contributed by atoms with van der Waals surface area (Å²) in [5.41, 5.74) is 14.6. The number of aryl methyl sites for hydroxylation is 1. The first kappa shape index (κ1) is 18.6. The number of carbonyl (C=O) groups excluding carboxylic acids is 1. The lowest BCUT2D eigenvalue weighted by atomic mass is 10.1. The number of nitrogen functional groups attached to an aromatic ring is 1. The Bertz CT molecular complexity index is 921. The Labute approximate surface area is 156 Å². The van der Waals surface area contributed by atoms with Crippen LogP contribution < -0.4 is 21.5 Å². The van der Waals surface area contributed by atoms with Gasteiger partial charge in [0.2, 0.25) is 17.7 Å². The Morgan fingerprint density at radius 2 is 1.96 bits per heavy atom. The SMILES string of the molecule is CC(=O)NCc1ccc(COc2nc(N)nc3c2ncn3CCCN)cc1. The van der Waals surface area contributed by atoms with Crippen molar-refractivity contribution in [1.82, 2.24) is 24.8 Å². The number of imidazole rings is 1. The van der Waals surface area contributed by atoms with Crippen LogP contribution in [0.25, 0.3) is 11.2 Å². The molecule has 0 fully saturated rings. The number of hydrogen-bond donors (Lipinski definition) is 3. The van der Waals surface area contributed by atoms with E-state index in [1.807, 2.05) is 28.8 Å². The second kappa shape index (κ2) is 8.45. The molecule has 3 aromatic rings. The molecular weight excluding hydrogens is 346 g/mol. The highest BCUT2D eigenvalue weighted by Gasteiger charge is 2.13. The van der Waals surface area contributed by atoms with E-state index in [4.69, 9.17) is 16.2 Å². The standard InChI is InChI=1S/C18H23N7O2/c1-12(26)21-9-13-3-5-14(6-4-13)10-27-17-15-16(23-18(20)24-17)25(11-22-15)8-2-7-19/h3-6,11H,2,7-10,19H2,1H3,(H,21,26)(H2,20,23,24). The zero-order chi connectivity index (χ0) is 19.2. The summed E-state index contributed by atoms with van der Waals surface area (Å²) in [6, 6.07) is 7.78. The Hall–Kier alpha value is -3.20. The van der Waals surface area contributed by atoms with Crippen LogP contribution in [0.5, 0.6) is 5.88 Å². The van der Waals surface area contributed by atoms with E-state index < -0.39 is 0 Å². The number of fused-ring (bicyclic) bond motifs is 1. The number of aromatic nitrogens is 4. The Kier molecular flexibility index (Phi) is 5.82. The van der Waals surface area contributed by atoms with Crippen LogP contribution in [0, 0.1) is 0 Å². The van der Waals surface area contributed by atoms with Gasteiger partial charge in [0.1, 0.15) is 6.61 Å². The van der Waals surface area contributed by atoms with Gasteiger partial charge in [-0.25, -0.2) is 4.98 Å². The largest absolute Gasteiger partial charge is 0.471 e. The molecule has 9 nitrogen and oxygen atoms in total. The van der Waals surface area contributed by atoms with Gasteiger partial charge < -0.3 is 26.1 Å². The third-order valence-corrected chi connectivity index (χ3v) is 3.99. The molecule has 0 aliphatic heterocycles. The van der Waals surface area contributed by atoms with E-state index in [0.29, 0.717) is 43.3 Å². The Morgan fingerprint density at radius 3 is 2.67 bits per heavy atom. The van der Waals surface area contributed by atoms with Gasteiger partial charge in [0.25, 0.3) is 0 Å². The van der Waals surface area contributed by atoms with Gasteiger partial charge in [-0.1, -0.05) is 24.3 Å². The van der Waals surface area contributed by atoms with Crippen molar-refractivity contribution in [1.29, 1.82) is 0 Å². The first-order valence-electron chi connectivity index (χ1n) is 8.70. The molecule has 1 aromatic carbocycles. The molecule has 0 saturated heterocycles. The maximum Gasteiger partial charge on any atom is 0.247 e. The van der Waals surface area contributed by atoms with Crippen LogP contribution in [0.15, 0.2) is 30.6 Å². The third kappa shape index (κ3) is 4.70. The van der Waals surface area contributed by atoms with Crippen LogP contribution in [0.2, 0.25) is 0 Å². The molecule has 0 bridgehead atoms. The van der Waals surface area contributed by atoms with Gasteiger partial charge in [-0.15, -0.1) is 0 Å². The highest BCUT2D eigenvalue weighted by Crippen LogP contribution is 2.23. The molecule has 0 saturated carbocycles. The van der Waals surface area contributed by atoms with Gasteiger partial charge in [0.05, 0.1) is 6.33 Å². The number of nitrogens with two attached hydrogens (primary N) is 2. The zero-order valence-electron chi connectivity index (χ0n) is 15.2. The van der Waals surface area contributed by atoms with Crippen molar-refractivity contribution < 1.29 is 9.53 Å². The number of hydrogen-bond acceptors (Lipinski definition) is 7. The molecule has 2 heterocycles. The predicted octanol–water partition coefficient (Wildman–Crippen LogP) is 0.972. The van der Waals surface area contributed by atoms with Crippen molar-refractivity contribution in [3.63, 3.8) is 0 Å². The molecule has 142 valence electrons. The molecule has 9 heteroatoms. The summed E-state index contributed by atoms with van der Waals surface area (Å²) in [6.07, 6.45) is 2.51. The fourth-order valence-corrected chi connectivity index (χ4v) is 2.59. The van der Waals surface area contributed by atoms with E-state index in [-0.39, 0.29) is 11.9 Å². The minimum Gasteiger partial charge on any atom is -0.471 e. The number of ether oxygens (including phenoxy) is 1. The lowest BCUT2D eigenvalue weighted by Crippen LogP contribution is -2.18. The van der Waals surface area contributed by atoms with E-state index in [1.165, 1.54) is 6.92 Å². The zero-order valence-corrected chi connectivity index (χ0v) is 15.2. The van der Waals surface area contributed by atoms with E-state index >= 15 is 0 Å². The highest BCUT2D eigenvalue weighted by atomic mass is 16.5. The predicted molar refractivity (Wildman–Crippen MR) is 102 cm³/mol. The van der Waals surface area contributed by atoms with Crippen LogP contribution in [0.4, 0.5) is 5.95 Å². The smallest absolute Gasteiger partial charge is 0.247 e. The molecule has 0 aliphatic rings. The summed E-state index contributed by atoms with van der Waals surface area (Å²) < 4.78 is 7.73. The molecule has 0 radical (unpaired) electrons. The number of benzene rings is 1. The topological polar surface area (TPSA) is 134 Å². The second-order valence-corrected chi connectivity index (χ2v) is 6.15. The number of carbonyl (C=O) groups is 1. The molecule has 0 spiro atoms. The summed E-state index contributed by atoms with van der Waals surface area (Å²) in [5, 5.41) is 2.76. The van der Waals surface area contributed by atoms with Gasteiger partial charge >= 0.3 is 0 Å². The van der Waals surface area contributed by atoms with Crippen LogP contribution >= 0.6 is 0 Å². The number of anilines is 1. The quantitative estimate of drug-likeness (QED) is 0.538. The summed E-state index contributed by atoms with van der Waals surface area (Å²) in [5.74, 6) is 0.433. The van der Waals surface area contributed by atoms with Crippen molar-refractivity contribution in [2.45, 2.75) is 33.0 Å². The van der Waals surface area contributed by atoms with Crippen LogP contribution in [0.3, 0.4) is 0 Å². The number of amides is 1. The minimum atomic E-state index is -0.0568. The van der Waals surface area contributed by atoms with Gasteiger partial charge in [0.15, 0.2) is 11.2 Å².